The summed E-state index contributed by atoms with van der Waals surface area (Å²) in [5, 5.41) is 21.2. The van der Waals surface area contributed by atoms with Gasteiger partial charge in [0, 0.05) is 18.8 Å². The average molecular weight is 437 g/mol. The van der Waals surface area contributed by atoms with Crippen molar-refractivity contribution in [1.29, 1.82) is 0 Å². The maximum atomic E-state index is 13.0. The molecule has 0 radical (unpaired) electrons. The lowest BCUT2D eigenvalue weighted by Crippen LogP contribution is -2.43. The zero-order valence-electron chi connectivity index (χ0n) is 18.3. The number of carbonyl (C=O) groups excluding carboxylic acids is 1. The standard InChI is InChI=1S/C24H28N4O4/c1-24(2,30)21-15-5-6-16(21)11-14(10-15)13-26-22(29)18-4-3-9-25-23(18)31-17-7-8-19-20(12-17)28-32-27-19/h3-4,7-9,12,14-16,21,30H,5-6,10-11,13H2,1-2H3,(H,26,29). The van der Waals surface area contributed by atoms with Gasteiger partial charge in [0.2, 0.25) is 5.88 Å². The Kier molecular flexibility index (Phi) is 5.33. The number of rotatable bonds is 6. The highest BCUT2D eigenvalue weighted by Crippen LogP contribution is 2.52. The normalized spacial score (nSPS) is 25.1. The SMILES string of the molecule is CC(C)(O)C1C2CCC1CC(CNC(=O)c1cccnc1Oc1ccc3nonc3c1)C2. The Hall–Kier alpha value is -3.00. The number of aromatic nitrogens is 3. The molecule has 2 N–H and O–H groups in total. The van der Waals surface area contributed by atoms with Crippen LogP contribution in [0, 0.1) is 23.7 Å². The zero-order chi connectivity index (χ0) is 22.3. The fourth-order valence-electron chi connectivity index (χ4n) is 5.89. The summed E-state index contributed by atoms with van der Waals surface area (Å²) < 4.78 is 10.6. The number of aliphatic hydroxyl groups is 1. The third-order valence-electron chi connectivity index (χ3n) is 7.02. The predicted octanol–water partition coefficient (Wildman–Crippen LogP) is 3.96. The van der Waals surface area contributed by atoms with E-state index >= 15 is 0 Å². The summed E-state index contributed by atoms with van der Waals surface area (Å²) >= 11 is 0. The number of fused-ring (bicyclic) bond motifs is 3. The lowest BCUT2D eigenvalue weighted by molar-refractivity contribution is -0.0430. The van der Waals surface area contributed by atoms with Gasteiger partial charge in [-0.15, -0.1) is 0 Å². The minimum absolute atomic E-state index is 0.200. The largest absolute Gasteiger partial charge is 0.438 e. The summed E-state index contributed by atoms with van der Waals surface area (Å²) in [6.45, 7) is 4.49. The van der Waals surface area contributed by atoms with Gasteiger partial charge in [-0.25, -0.2) is 9.61 Å². The maximum absolute atomic E-state index is 13.0. The van der Waals surface area contributed by atoms with E-state index in [-0.39, 0.29) is 11.8 Å². The van der Waals surface area contributed by atoms with E-state index < -0.39 is 5.60 Å². The van der Waals surface area contributed by atoms with Gasteiger partial charge in [-0.05, 0) is 97.8 Å². The van der Waals surface area contributed by atoms with E-state index in [0.29, 0.717) is 52.6 Å². The number of pyridine rings is 1. The maximum Gasteiger partial charge on any atom is 0.256 e. The van der Waals surface area contributed by atoms with Crippen LogP contribution in [0.25, 0.3) is 11.0 Å². The van der Waals surface area contributed by atoms with Gasteiger partial charge < -0.3 is 15.2 Å². The first-order valence-electron chi connectivity index (χ1n) is 11.2. The van der Waals surface area contributed by atoms with Gasteiger partial charge in [0.1, 0.15) is 22.3 Å². The van der Waals surface area contributed by atoms with Crippen LogP contribution in [0.15, 0.2) is 41.2 Å². The van der Waals surface area contributed by atoms with E-state index in [1.54, 1.807) is 36.5 Å². The number of hydrogen-bond donors (Lipinski definition) is 2. The number of benzene rings is 1. The summed E-state index contributed by atoms with van der Waals surface area (Å²) in [7, 11) is 0. The Morgan fingerprint density at radius 3 is 2.69 bits per heavy atom. The topological polar surface area (TPSA) is 110 Å². The molecule has 2 bridgehead atoms. The second-order valence-corrected chi connectivity index (χ2v) is 9.70. The fraction of sp³-hybridized carbons (Fsp3) is 0.500. The van der Waals surface area contributed by atoms with Gasteiger partial charge in [-0.2, -0.15) is 0 Å². The van der Waals surface area contributed by atoms with Gasteiger partial charge in [0.25, 0.3) is 5.91 Å². The van der Waals surface area contributed by atoms with Crippen molar-refractivity contribution in [2.75, 3.05) is 6.54 Å². The van der Waals surface area contributed by atoms with Crippen LogP contribution in [-0.4, -0.2) is 38.5 Å². The molecule has 8 nitrogen and oxygen atoms in total. The second-order valence-electron chi connectivity index (χ2n) is 9.70. The van der Waals surface area contributed by atoms with Crippen LogP contribution in [0.2, 0.25) is 0 Å². The average Bonchev–Trinajstić information content (AvgIpc) is 3.34. The van der Waals surface area contributed by atoms with E-state index in [1.807, 2.05) is 13.8 Å². The van der Waals surface area contributed by atoms with Crippen molar-refractivity contribution in [3.8, 4) is 11.6 Å². The van der Waals surface area contributed by atoms with E-state index in [1.165, 1.54) is 12.8 Å². The molecule has 0 aliphatic heterocycles. The number of amides is 1. The molecule has 1 amide bonds. The number of nitrogens with zero attached hydrogens (tertiary/aromatic N) is 3. The summed E-state index contributed by atoms with van der Waals surface area (Å²) in [5.41, 5.74) is 0.955. The highest BCUT2D eigenvalue weighted by Gasteiger charge is 2.48. The molecule has 2 atom stereocenters. The number of ether oxygens (including phenoxy) is 1. The van der Waals surface area contributed by atoms with E-state index in [9.17, 15) is 9.90 Å². The quantitative estimate of drug-likeness (QED) is 0.602. The Morgan fingerprint density at radius 1 is 1.19 bits per heavy atom. The molecule has 0 spiro atoms. The first-order chi connectivity index (χ1) is 15.4. The first-order valence-corrected chi connectivity index (χ1v) is 11.2. The van der Waals surface area contributed by atoms with Crippen LogP contribution in [-0.2, 0) is 0 Å². The van der Waals surface area contributed by atoms with Crippen LogP contribution in [0.4, 0.5) is 0 Å². The molecular weight excluding hydrogens is 408 g/mol. The summed E-state index contributed by atoms with van der Waals surface area (Å²) in [5.74, 6) is 2.41. The van der Waals surface area contributed by atoms with Gasteiger partial charge in [-0.3, -0.25) is 4.79 Å². The molecule has 168 valence electrons. The fourth-order valence-corrected chi connectivity index (χ4v) is 5.89. The molecule has 2 saturated carbocycles. The molecular formula is C24H28N4O4. The monoisotopic (exact) mass is 436 g/mol. The van der Waals surface area contributed by atoms with Crippen molar-refractivity contribution in [1.82, 2.24) is 20.6 Å². The third-order valence-corrected chi connectivity index (χ3v) is 7.02. The minimum atomic E-state index is -0.632. The van der Waals surface area contributed by atoms with Gasteiger partial charge in [-0.1, -0.05) is 0 Å². The predicted molar refractivity (Wildman–Crippen MR) is 117 cm³/mol. The molecule has 0 saturated heterocycles. The molecule has 3 aromatic rings. The van der Waals surface area contributed by atoms with Gasteiger partial charge in [0.15, 0.2) is 0 Å². The van der Waals surface area contributed by atoms with Crippen LogP contribution in [0.1, 0.15) is 49.9 Å². The second kappa shape index (κ2) is 8.16. The molecule has 32 heavy (non-hydrogen) atoms. The van der Waals surface area contributed by atoms with Crippen molar-refractivity contribution in [3.05, 3.63) is 42.1 Å². The highest BCUT2D eigenvalue weighted by molar-refractivity contribution is 5.96. The van der Waals surface area contributed by atoms with Crippen LogP contribution >= 0.6 is 0 Å². The molecule has 2 fully saturated rings. The van der Waals surface area contributed by atoms with Crippen LogP contribution < -0.4 is 10.1 Å². The first kappa shape index (κ1) is 20.9. The Balaban J connectivity index is 1.24. The van der Waals surface area contributed by atoms with Crippen molar-refractivity contribution >= 4 is 16.9 Å². The molecule has 5 rings (SSSR count). The Bertz CT molecular complexity index is 1110. The molecule has 2 heterocycles. The number of hydrogen-bond acceptors (Lipinski definition) is 7. The summed E-state index contributed by atoms with van der Waals surface area (Å²) in [4.78, 5) is 17.2. The Morgan fingerprint density at radius 2 is 1.94 bits per heavy atom. The van der Waals surface area contributed by atoms with Crippen molar-refractivity contribution < 1.29 is 19.3 Å². The summed E-state index contributed by atoms with van der Waals surface area (Å²) in [6, 6.07) is 8.60. The van der Waals surface area contributed by atoms with Crippen LogP contribution in [0.5, 0.6) is 11.6 Å². The molecule has 2 aromatic heterocycles. The lowest BCUT2D eigenvalue weighted by Gasteiger charge is -2.41. The van der Waals surface area contributed by atoms with Crippen molar-refractivity contribution in [2.24, 2.45) is 23.7 Å². The molecule has 2 unspecified atom stereocenters. The molecule has 2 aliphatic rings. The zero-order valence-corrected chi connectivity index (χ0v) is 18.3. The highest BCUT2D eigenvalue weighted by atomic mass is 16.6. The van der Waals surface area contributed by atoms with Crippen molar-refractivity contribution in [2.45, 2.75) is 45.1 Å². The smallest absolute Gasteiger partial charge is 0.256 e. The lowest BCUT2D eigenvalue weighted by atomic mass is 9.67. The third kappa shape index (κ3) is 4.07. The van der Waals surface area contributed by atoms with Gasteiger partial charge >= 0.3 is 0 Å². The van der Waals surface area contributed by atoms with E-state index in [4.69, 9.17) is 9.37 Å². The molecule has 2 aliphatic carbocycles. The summed E-state index contributed by atoms with van der Waals surface area (Å²) in [6.07, 6.45) is 6.05. The van der Waals surface area contributed by atoms with E-state index in [2.05, 4.69) is 20.6 Å². The minimum Gasteiger partial charge on any atom is -0.438 e. The Labute approximate surface area is 186 Å². The van der Waals surface area contributed by atoms with Gasteiger partial charge in [0.05, 0.1) is 5.60 Å². The molecule has 1 aromatic carbocycles. The molecule has 8 heteroatoms. The number of nitrogens with one attached hydrogen (secondary N) is 1. The number of carbonyl (C=O) groups is 1. The van der Waals surface area contributed by atoms with Crippen LogP contribution in [0.3, 0.4) is 0 Å². The van der Waals surface area contributed by atoms with E-state index in [0.717, 1.165) is 12.8 Å². The van der Waals surface area contributed by atoms with Crippen molar-refractivity contribution in [3.63, 3.8) is 0 Å².